The number of thioether (sulfide) groups is 1. The van der Waals surface area contributed by atoms with Gasteiger partial charge in [-0.1, -0.05) is 30.0 Å². The number of furan rings is 1. The van der Waals surface area contributed by atoms with E-state index in [-0.39, 0.29) is 17.1 Å². The molecule has 1 atom stereocenters. The molecule has 2 amide bonds. The molecule has 29 heavy (non-hydrogen) atoms. The van der Waals surface area contributed by atoms with Gasteiger partial charge < -0.3 is 15.1 Å². The molecule has 1 aromatic carbocycles. The number of aryl methyl sites for hydroxylation is 2. The lowest BCUT2D eigenvalue weighted by Gasteiger charge is -2.12. The first kappa shape index (κ1) is 19.4. The van der Waals surface area contributed by atoms with Crippen molar-refractivity contribution < 1.29 is 14.0 Å². The molecule has 0 spiro atoms. The Labute approximate surface area is 172 Å². The molecule has 0 aliphatic heterocycles. The van der Waals surface area contributed by atoms with Crippen molar-refractivity contribution in [3.8, 4) is 0 Å². The zero-order chi connectivity index (χ0) is 20.5. The fourth-order valence-electron chi connectivity index (χ4n) is 2.90. The summed E-state index contributed by atoms with van der Waals surface area (Å²) in [6.07, 6.45) is 2.07. The highest BCUT2D eigenvalue weighted by atomic mass is 32.2. The number of carbonyl (C=O) groups excluding carboxylic acids is 2. The summed E-state index contributed by atoms with van der Waals surface area (Å²) < 4.78 is 5.77. The number of anilines is 1. The average Bonchev–Trinajstić information content (AvgIpc) is 3.47. The molecule has 3 aromatic rings. The summed E-state index contributed by atoms with van der Waals surface area (Å²) in [4.78, 5) is 34.0. The van der Waals surface area contributed by atoms with E-state index in [1.807, 2.05) is 26.8 Å². The smallest absolute Gasteiger partial charge is 0.256 e. The van der Waals surface area contributed by atoms with Crippen LogP contribution in [0.1, 0.15) is 41.4 Å². The molecule has 1 fully saturated rings. The molecule has 2 N–H and O–H groups in total. The van der Waals surface area contributed by atoms with Crippen molar-refractivity contribution in [3.63, 3.8) is 0 Å². The second kappa shape index (κ2) is 7.87. The first-order valence-electron chi connectivity index (χ1n) is 9.53. The predicted molar refractivity (Wildman–Crippen MR) is 112 cm³/mol. The topological polar surface area (TPSA) is 97.1 Å². The van der Waals surface area contributed by atoms with Gasteiger partial charge in [0.25, 0.3) is 5.91 Å². The number of rotatable bonds is 6. The van der Waals surface area contributed by atoms with E-state index in [1.165, 1.54) is 11.8 Å². The Bertz CT molecular complexity index is 1080. The molecule has 2 heterocycles. The zero-order valence-electron chi connectivity index (χ0n) is 16.5. The Hall–Kier alpha value is -2.87. The molecule has 1 aliphatic rings. The van der Waals surface area contributed by atoms with Crippen LogP contribution in [0, 0.1) is 13.8 Å². The third kappa shape index (κ3) is 4.27. The quantitative estimate of drug-likeness (QED) is 0.473. The standard InChI is InChI=1S/C21H22N4O3S/c1-11-12(2)28-20-16(11)17(23-19(27)14-7-5-4-6-8-14)24-21(25-20)29-13(3)18(26)22-15-9-10-15/h4-8,13,15H,9-10H2,1-3H3,(H,22,26)(H,23,24,25,27). The van der Waals surface area contributed by atoms with Crippen LogP contribution in [0.15, 0.2) is 39.9 Å². The van der Waals surface area contributed by atoms with E-state index in [9.17, 15) is 9.59 Å². The minimum atomic E-state index is -0.358. The number of amides is 2. The fraction of sp³-hybridized carbons (Fsp3) is 0.333. The lowest BCUT2D eigenvalue weighted by atomic mass is 10.2. The van der Waals surface area contributed by atoms with Gasteiger partial charge in [-0.25, -0.2) is 4.98 Å². The SMILES string of the molecule is Cc1oc2nc(SC(C)C(=O)NC3CC3)nc(NC(=O)c3ccccc3)c2c1C. The molecular formula is C21H22N4O3S. The minimum absolute atomic E-state index is 0.0390. The summed E-state index contributed by atoms with van der Waals surface area (Å²) in [5.74, 6) is 0.795. The second-order valence-electron chi connectivity index (χ2n) is 7.18. The number of nitrogens with zero attached hydrogens (tertiary/aromatic N) is 2. The maximum Gasteiger partial charge on any atom is 0.256 e. The molecule has 150 valence electrons. The van der Waals surface area contributed by atoms with Gasteiger partial charge in [-0.05, 0) is 45.7 Å². The highest BCUT2D eigenvalue weighted by Gasteiger charge is 2.27. The van der Waals surface area contributed by atoms with Crippen molar-refractivity contribution in [1.82, 2.24) is 15.3 Å². The van der Waals surface area contributed by atoms with Crippen molar-refractivity contribution >= 4 is 40.5 Å². The summed E-state index contributed by atoms with van der Waals surface area (Å²) >= 11 is 1.24. The van der Waals surface area contributed by atoms with Crippen molar-refractivity contribution in [2.45, 2.75) is 50.1 Å². The van der Waals surface area contributed by atoms with Crippen LogP contribution in [-0.2, 0) is 4.79 Å². The van der Waals surface area contributed by atoms with Gasteiger partial charge in [-0.2, -0.15) is 4.98 Å². The maximum atomic E-state index is 12.7. The molecule has 8 heteroatoms. The van der Waals surface area contributed by atoms with E-state index < -0.39 is 0 Å². The van der Waals surface area contributed by atoms with Crippen molar-refractivity contribution in [3.05, 3.63) is 47.2 Å². The number of fused-ring (bicyclic) bond motifs is 1. The normalized spacial score (nSPS) is 14.6. The molecule has 1 unspecified atom stereocenters. The zero-order valence-corrected chi connectivity index (χ0v) is 17.3. The van der Waals surface area contributed by atoms with Gasteiger partial charge in [-0.3, -0.25) is 9.59 Å². The lowest BCUT2D eigenvalue weighted by Crippen LogP contribution is -2.32. The maximum absolute atomic E-state index is 12.7. The van der Waals surface area contributed by atoms with Crippen molar-refractivity contribution in [2.75, 3.05) is 5.32 Å². The van der Waals surface area contributed by atoms with Crippen LogP contribution in [0.5, 0.6) is 0 Å². The molecule has 0 saturated heterocycles. The van der Waals surface area contributed by atoms with Gasteiger partial charge in [0.2, 0.25) is 11.6 Å². The predicted octanol–water partition coefficient (Wildman–Crippen LogP) is 3.85. The second-order valence-corrected chi connectivity index (χ2v) is 8.49. The third-order valence-corrected chi connectivity index (χ3v) is 5.81. The number of benzene rings is 1. The molecule has 1 saturated carbocycles. The Kier molecular flexibility index (Phi) is 5.27. The average molecular weight is 410 g/mol. The first-order valence-corrected chi connectivity index (χ1v) is 10.4. The fourth-order valence-corrected chi connectivity index (χ4v) is 3.67. The Morgan fingerprint density at radius 1 is 1.17 bits per heavy atom. The Balaban J connectivity index is 1.64. The summed E-state index contributed by atoms with van der Waals surface area (Å²) in [5, 5.41) is 6.56. The van der Waals surface area contributed by atoms with Crippen molar-refractivity contribution in [2.24, 2.45) is 0 Å². The first-order chi connectivity index (χ1) is 13.9. The molecule has 4 rings (SSSR count). The van der Waals surface area contributed by atoms with Crippen LogP contribution in [0.25, 0.3) is 11.1 Å². The Morgan fingerprint density at radius 3 is 2.59 bits per heavy atom. The van der Waals surface area contributed by atoms with Gasteiger partial charge in [0.15, 0.2) is 5.16 Å². The van der Waals surface area contributed by atoms with E-state index in [0.29, 0.717) is 39.4 Å². The summed E-state index contributed by atoms with van der Waals surface area (Å²) in [5.41, 5.74) is 1.80. The van der Waals surface area contributed by atoms with Gasteiger partial charge in [0, 0.05) is 17.2 Å². The monoisotopic (exact) mass is 410 g/mol. The van der Waals surface area contributed by atoms with Gasteiger partial charge in [0.05, 0.1) is 10.6 Å². The lowest BCUT2D eigenvalue weighted by molar-refractivity contribution is -0.120. The largest absolute Gasteiger partial charge is 0.443 e. The molecule has 7 nitrogen and oxygen atoms in total. The van der Waals surface area contributed by atoms with Crippen LogP contribution < -0.4 is 10.6 Å². The third-order valence-electron chi connectivity index (χ3n) is 4.85. The summed E-state index contributed by atoms with van der Waals surface area (Å²) in [7, 11) is 0. The molecule has 0 bridgehead atoms. The van der Waals surface area contributed by atoms with E-state index in [0.717, 1.165) is 18.4 Å². The molecule has 0 radical (unpaired) electrons. The van der Waals surface area contributed by atoms with E-state index in [4.69, 9.17) is 4.42 Å². The molecular weight excluding hydrogens is 388 g/mol. The number of aromatic nitrogens is 2. The van der Waals surface area contributed by atoms with E-state index in [1.54, 1.807) is 24.3 Å². The highest BCUT2D eigenvalue weighted by Crippen LogP contribution is 2.32. The van der Waals surface area contributed by atoms with E-state index in [2.05, 4.69) is 20.6 Å². The van der Waals surface area contributed by atoms with Crippen LogP contribution in [0.4, 0.5) is 5.82 Å². The van der Waals surface area contributed by atoms with Gasteiger partial charge in [0.1, 0.15) is 11.6 Å². The van der Waals surface area contributed by atoms with Gasteiger partial charge >= 0.3 is 0 Å². The van der Waals surface area contributed by atoms with E-state index >= 15 is 0 Å². The molecule has 2 aromatic heterocycles. The van der Waals surface area contributed by atoms with Crippen LogP contribution in [0.2, 0.25) is 0 Å². The van der Waals surface area contributed by atoms with Gasteiger partial charge in [-0.15, -0.1) is 0 Å². The Morgan fingerprint density at radius 2 is 1.90 bits per heavy atom. The highest BCUT2D eigenvalue weighted by molar-refractivity contribution is 8.00. The van der Waals surface area contributed by atoms with Crippen LogP contribution in [0.3, 0.4) is 0 Å². The molecule has 1 aliphatic carbocycles. The minimum Gasteiger partial charge on any atom is -0.443 e. The number of carbonyl (C=O) groups is 2. The van der Waals surface area contributed by atoms with Crippen LogP contribution in [-0.4, -0.2) is 33.1 Å². The number of nitrogens with one attached hydrogen (secondary N) is 2. The van der Waals surface area contributed by atoms with Crippen molar-refractivity contribution in [1.29, 1.82) is 0 Å². The van der Waals surface area contributed by atoms with Crippen LogP contribution >= 0.6 is 11.8 Å². The number of hydrogen-bond acceptors (Lipinski definition) is 6. The number of hydrogen-bond donors (Lipinski definition) is 2. The summed E-state index contributed by atoms with van der Waals surface area (Å²) in [6.45, 7) is 5.57. The summed E-state index contributed by atoms with van der Waals surface area (Å²) in [6, 6.07) is 9.23.